The Labute approximate surface area is 130 Å². The van der Waals surface area contributed by atoms with Gasteiger partial charge in [0, 0.05) is 7.05 Å². The van der Waals surface area contributed by atoms with Gasteiger partial charge >= 0.3 is 5.97 Å². The van der Waals surface area contributed by atoms with Crippen LogP contribution in [-0.2, 0) is 23.0 Å². The first-order valence-electron chi connectivity index (χ1n) is 6.44. The molecule has 114 valence electrons. The lowest BCUT2D eigenvalue weighted by molar-refractivity contribution is -0.142. The summed E-state index contributed by atoms with van der Waals surface area (Å²) in [5.41, 5.74) is 9.89. The minimum atomic E-state index is -0.621. The molecule has 1 heterocycles. The van der Waals surface area contributed by atoms with Crippen LogP contribution in [0.4, 0.5) is 0 Å². The van der Waals surface area contributed by atoms with Gasteiger partial charge in [-0.05, 0) is 30.5 Å². The second kappa shape index (κ2) is 7.24. The molecule has 0 aliphatic rings. The highest BCUT2D eigenvalue weighted by Gasteiger charge is 2.14. The van der Waals surface area contributed by atoms with Crippen LogP contribution < -0.4 is 5.73 Å². The standard InChI is InChI=1S/C15H19N3O2.ClH/c1-10-8-14(18(2)17-10)12-6-4-11(5-7-12)9-13(16)15(19)20-3;/h4-8,13H,9,16H2,1-3H3;1H. The molecule has 6 heteroatoms. The summed E-state index contributed by atoms with van der Waals surface area (Å²) in [4.78, 5) is 11.3. The number of hydrogen-bond donors (Lipinski definition) is 1. The summed E-state index contributed by atoms with van der Waals surface area (Å²) in [7, 11) is 3.26. The molecule has 0 saturated carbocycles. The van der Waals surface area contributed by atoms with Crippen molar-refractivity contribution in [3.63, 3.8) is 0 Å². The second-order valence-electron chi connectivity index (χ2n) is 4.83. The molecule has 21 heavy (non-hydrogen) atoms. The van der Waals surface area contributed by atoms with Crippen molar-refractivity contribution < 1.29 is 9.53 Å². The number of benzene rings is 1. The van der Waals surface area contributed by atoms with Crippen LogP contribution in [0.1, 0.15) is 11.3 Å². The highest BCUT2D eigenvalue weighted by atomic mass is 35.5. The molecule has 5 nitrogen and oxygen atoms in total. The van der Waals surface area contributed by atoms with E-state index in [2.05, 4.69) is 9.84 Å². The highest BCUT2D eigenvalue weighted by molar-refractivity contribution is 5.85. The first-order valence-corrected chi connectivity index (χ1v) is 6.44. The normalized spacial score (nSPS) is 11.6. The molecular weight excluding hydrogens is 290 g/mol. The quantitative estimate of drug-likeness (QED) is 0.875. The van der Waals surface area contributed by atoms with Crippen LogP contribution in [0.15, 0.2) is 30.3 Å². The van der Waals surface area contributed by atoms with E-state index in [1.165, 1.54) is 7.11 Å². The van der Waals surface area contributed by atoms with E-state index in [4.69, 9.17) is 5.73 Å². The van der Waals surface area contributed by atoms with Crippen LogP contribution in [0.3, 0.4) is 0 Å². The lowest BCUT2D eigenvalue weighted by Gasteiger charge is -2.09. The molecule has 0 aliphatic heterocycles. The number of rotatable bonds is 4. The largest absolute Gasteiger partial charge is 0.468 e. The number of methoxy groups -OCH3 is 1. The molecule has 1 atom stereocenters. The van der Waals surface area contributed by atoms with Crippen molar-refractivity contribution in [3.05, 3.63) is 41.6 Å². The van der Waals surface area contributed by atoms with E-state index in [0.717, 1.165) is 22.5 Å². The number of carbonyl (C=O) groups excluding carboxylic acids is 1. The highest BCUT2D eigenvalue weighted by Crippen LogP contribution is 2.20. The van der Waals surface area contributed by atoms with Crippen molar-refractivity contribution in [2.45, 2.75) is 19.4 Å². The van der Waals surface area contributed by atoms with E-state index < -0.39 is 12.0 Å². The molecule has 0 amide bonds. The van der Waals surface area contributed by atoms with Crippen molar-refractivity contribution in [2.75, 3.05) is 7.11 Å². The Morgan fingerprint density at radius 3 is 2.48 bits per heavy atom. The average molecular weight is 310 g/mol. The average Bonchev–Trinajstić information content (AvgIpc) is 2.77. The summed E-state index contributed by atoms with van der Waals surface area (Å²) >= 11 is 0. The van der Waals surface area contributed by atoms with Gasteiger partial charge in [-0.2, -0.15) is 5.10 Å². The van der Waals surface area contributed by atoms with Gasteiger partial charge in [0.1, 0.15) is 6.04 Å². The maximum absolute atomic E-state index is 11.3. The molecule has 2 aromatic rings. The first-order chi connectivity index (χ1) is 9.51. The number of esters is 1. The summed E-state index contributed by atoms with van der Waals surface area (Å²) in [5, 5.41) is 4.33. The fourth-order valence-electron chi connectivity index (χ4n) is 2.18. The molecule has 0 saturated heterocycles. The third kappa shape index (κ3) is 4.06. The number of hydrogen-bond acceptors (Lipinski definition) is 4. The second-order valence-corrected chi connectivity index (χ2v) is 4.83. The van der Waals surface area contributed by atoms with Crippen molar-refractivity contribution in [3.8, 4) is 11.3 Å². The number of aromatic nitrogens is 2. The maximum Gasteiger partial charge on any atom is 0.322 e. The SMILES string of the molecule is COC(=O)C(N)Cc1ccc(-c2cc(C)nn2C)cc1.Cl. The molecule has 0 bridgehead atoms. The molecule has 0 fully saturated rings. The minimum Gasteiger partial charge on any atom is -0.468 e. The predicted octanol–water partition coefficient (Wildman–Crippen LogP) is 1.86. The summed E-state index contributed by atoms with van der Waals surface area (Å²) in [5.74, 6) is -0.392. The van der Waals surface area contributed by atoms with E-state index in [1.54, 1.807) is 0 Å². The monoisotopic (exact) mass is 309 g/mol. The maximum atomic E-state index is 11.3. The third-order valence-corrected chi connectivity index (χ3v) is 3.21. The van der Waals surface area contributed by atoms with Gasteiger partial charge in [-0.3, -0.25) is 9.48 Å². The number of ether oxygens (including phenoxy) is 1. The number of halogens is 1. The summed E-state index contributed by atoms with van der Waals surface area (Å²) in [6, 6.07) is 9.38. The molecule has 0 radical (unpaired) electrons. The minimum absolute atomic E-state index is 0. The number of nitrogens with two attached hydrogens (primary N) is 1. The Bertz CT molecular complexity index is 608. The van der Waals surface area contributed by atoms with E-state index in [-0.39, 0.29) is 12.4 Å². The van der Waals surface area contributed by atoms with Gasteiger partial charge < -0.3 is 10.5 Å². The Morgan fingerprint density at radius 1 is 1.38 bits per heavy atom. The van der Waals surface area contributed by atoms with E-state index in [9.17, 15) is 4.79 Å². The Hall–Kier alpha value is -1.85. The molecular formula is C15H20ClN3O2. The van der Waals surface area contributed by atoms with E-state index in [0.29, 0.717) is 6.42 Å². The number of carbonyl (C=O) groups is 1. The van der Waals surface area contributed by atoms with Crippen molar-refractivity contribution in [1.29, 1.82) is 0 Å². The van der Waals surface area contributed by atoms with Gasteiger partial charge in [0.2, 0.25) is 0 Å². The van der Waals surface area contributed by atoms with E-state index in [1.807, 2.05) is 49.0 Å². The summed E-state index contributed by atoms with van der Waals surface area (Å²) in [6.45, 7) is 1.97. The Kier molecular flexibility index (Phi) is 5.93. The van der Waals surface area contributed by atoms with Gasteiger partial charge in [-0.25, -0.2) is 0 Å². The van der Waals surface area contributed by atoms with Crippen molar-refractivity contribution >= 4 is 18.4 Å². The molecule has 2 N–H and O–H groups in total. The van der Waals surface area contributed by atoms with E-state index >= 15 is 0 Å². The summed E-state index contributed by atoms with van der Waals surface area (Å²) < 4.78 is 6.47. The zero-order chi connectivity index (χ0) is 14.7. The van der Waals surface area contributed by atoms with Crippen LogP contribution in [0, 0.1) is 6.92 Å². The topological polar surface area (TPSA) is 70.1 Å². The Morgan fingerprint density at radius 2 is 2.00 bits per heavy atom. The molecule has 0 spiro atoms. The molecule has 0 aliphatic carbocycles. The fraction of sp³-hybridized carbons (Fsp3) is 0.333. The lowest BCUT2D eigenvalue weighted by Crippen LogP contribution is -2.33. The van der Waals surface area contributed by atoms with Gasteiger partial charge in [0.15, 0.2) is 0 Å². The molecule has 1 unspecified atom stereocenters. The van der Waals surface area contributed by atoms with Crippen LogP contribution >= 0.6 is 12.4 Å². The van der Waals surface area contributed by atoms with Crippen LogP contribution in [0.25, 0.3) is 11.3 Å². The molecule has 1 aromatic carbocycles. The number of nitrogens with zero attached hydrogens (tertiary/aromatic N) is 2. The van der Waals surface area contributed by atoms with Crippen molar-refractivity contribution in [1.82, 2.24) is 9.78 Å². The van der Waals surface area contributed by atoms with Crippen LogP contribution in [-0.4, -0.2) is 28.9 Å². The van der Waals surface area contributed by atoms with Crippen LogP contribution in [0.5, 0.6) is 0 Å². The van der Waals surface area contributed by atoms with Crippen molar-refractivity contribution in [2.24, 2.45) is 12.8 Å². The molecule has 1 aromatic heterocycles. The van der Waals surface area contributed by atoms with Gasteiger partial charge in [0.25, 0.3) is 0 Å². The zero-order valence-corrected chi connectivity index (χ0v) is 13.2. The van der Waals surface area contributed by atoms with Crippen LogP contribution in [0.2, 0.25) is 0 Å². The van der Waals surface area contributed by atoms with Gasteiger partial charge in [0.05, 0.1) is 18.5 Å². The smallest absolute Gasteiger partial charge is 0.322 e. The van der Waals surface area contributed by atoms with Gasteiger partial charge in [-0.15, -0.1) is 12.4 Å². The van der Waals surface area contributed by atoms with Gasteiger partial charge in [-0.1, -0.05) is 24.3 Å². The first kappa shape index (κ1) is 17.2. The zero-order valence-electron chi connectivity index (χ0n) is 12.4. The Balaban J connectivity index is 0.00000220. The number of aryl methyl sites for hydroxylation is 2. The summed E-state index contributed by atoms with van der Waals surface area (Å²) in [6.07, 6.45) is 0.470. The fourth-order valence-corrected chi connectivity index (χ4v) is 2.18. The molecule has 2 rings (SSSR count). The lowest BCUT2D eigenvalue weighted by atomic mass is 10.0. The third-order valence-electron chi connectivity index (χ3n) is 3.21. The predicted molar refractivity (Wildman–Crippen MR) is 84.3 cm³/mol.